The first kappa shape index (κ1) is 15.5. The van der Waals surface area contributed by atoms with Crippen molar-refractivity contribution in [1.29, 1.82) is 0 Å². The lowest BCUT2D eigenvalue weighted by atomic mass is 9.99. The first-order chi connectivity index (χ1) is 10.6. The highest BCUT2D eigenvalue weighted by molar-refractivity contribution is 6.30. The van der Waals surface area contributed by atoms with Gasteiger partial charge in [-0.25, -0.2) is 0 Å². The van der Waals surface area contributed by atoms with Crippen LogP contribution in [0.2, 0.25) is 5.02 Å². The van der Waals surface area contributed by atoms with Crippen molar-refractivity contribution in [2.75, 3.05) is 39.8 Å². The van der Waals surface area contributed by atoms with Gasteiger partial charge in [0, 0.05) is 31.2 Å². The number of nitrogens with zero attached hydrogens (tertiary/aromatic N) is 2. The third kappa shape index (κ3) is 3.51. The average Bonchev–Trinajstić information content (AvgIpc) is 2.55. The van der Waals surface area contributed by atoms with E-state index in [4.69, 9.17) is 16.3 Å². The Balaban J connectivity index is 1.62. The minimum absolute atomic E-state index is 0.109. The Morgan fingerprint density at radius 1 is 1.27 bits per heavy atom. The molecule has 0 radical (unpaired) electrons. The van der Waals surface area contributed by atoms with Crippen molar-refractivity contribution < 1.29 is 9.53 Å². The molecule has 2 aliphatic rings. The summed E-state index contributed by atoms with van der Waals surface area (Å²) in [5.74, 6) is 0.109. The maximum absolute atomic E-state index is 12.5. The molecule has 0 saturated carbocycles. The van der Waals surface area contributed by atoms with Crippen LogP contribution in [0, 0.1) is 0 Å². The van der Waals surface area contributed by atoms with Gasteiger partial charge in [-0.2, -0.15) is 0 Å². The number of likely N-dealkylation sites (N-methyl/N-ethyl adjacent to an activating group) is 1. The van der Waals surface area contributed by atoms with E-state index in [-0.39, 0.29) is 12.0 Å². The van der Waals surface area contributed by atoms with Gasteiger partial charge in [0.15, 0.2) is 0 Å². The molecule has 22 heavy (non-hydrogen) atoms. The molecular formula is C17H21ClN2O2. The van der Waals surface area contributed by atoms with E-state index < -0.39 is 0 Å². The SMILES string of the molecule is CN1CCO[C@@H](C(=O)N2CC=C(c3ccc(Cl)cc3)CC2)C1. The van der Waals surface area contributed by atoms with Gasteiger partial charge < -0.3 is 14.5 Å². The molecule has 1 amide bonds. The van der Waals surface area contributed by atoms with Crippen LogP contribution in [0.4, 0.5) is 0 Å². The molecule has 1 atom stereocenters. The van der Waals surface area contributed by atoms with Crippen LogP contribution >= 0.6 is 11.6 Å². The topological polar surface area (TPSA) is 32.8 Å². The highest BCUT2D eigenvalue weighted by Gasteiger charge is 2.29. The second kappa shape index (κ2) is 6.82. The molecule has 0 unspecified atom stereocenters. The number of ether oxygens (including phenoxy) is 1. The molecule has 1 aromatic carbocycles. The molecule has 1 fully saturated rings. The molecule has 0 bridgehead atoms. The van der Waals surface area contributed by atoms with Crippen LogP contribution in [0.5, 0.6) is 0 Å². The Hall–Kier alpha value is -1.36. The number of morpholine rings is 1. The predicted octanol–water partition coefficient (Wildman–Crippen LogP) is 2.29. The summed E-state index contributed by atoms with van der Waals surface area (Å²) in [5.41, 5.74) is 2.47. The summed E-state index contributed by atoms with van der Waals surface area (Å²) in [6, 6.07) is 7.87. The summed E-state index contributed by atoms with van der Waals surface area (Å²) < 4.78 is 5.62. The fraction of sp³-hybridized carbons (Fsp3) is 0.471. The van der Waals surface area contributed by atoms with Gasteiger partial charge >= 0.3 is 0 Å². The van der Waals surface area contributed by atoms with Gasteiger partial charge in [-0.1, -0.05) is 29.8 Å². The zero-order chi connectivity index (χ0) is 15.5. The van der Waals surface area contributed by atoms with Crippen molar-refractivity contribution in [1.82, 2.24) is 9.80 Å². The molecule has 1 aromatic rings. The number of hydrogen-bond donors (Lipinski definition) is 0. The standard InChI is InChI=1S/C17H21ClN2O2/c1-19-10-11-22-16(12-19)17(21)20-8-6-14(7-9-20)13-2-4-15(18)5-3-13/h2-6,16H,7-12H2,1H3/t16-/m1/s1. The van der Waals surface area contributed by atoms with Crippen molar-refractivity contribution in [3.8, 4) is 0 Å². The second-order valence-corrected chi connectivity index (χ2v) is 6.33. The lowest BCUT2D eigenvalue weighted by Gasteiger charge is -2.34. The Morgan fingerprint density at radius 2 is 2.05 bits per heavy atom. The van der Waals surface area contributed by atoms with Gasteiger partial charge in [0.1, 0.15) is 6.10 Å². The Labute approximate surface area is 136 Å². The molecule has 0 aliphatic carbocycles. The van der Waals surface area contributed by atoms with E-state index in [0.717, 1.165) is 24.5 Å². The molecule has 1 saturated heterocycles. The maximum Gasteiger partial charge on any atom is 0.253 e. The number of hydrogen-bond acceptors (Lipinski definition) is 3. The number of rotatable bonds is 2. The monoisotopic (exact) mass is 320 g/mol. The number of carbonyl (C=O) groups excluding carboxylic acids is 1. The minimum Gasteiger partial charge on any atom is -0.366 e. The zero-order valence-corrected chi connectivity index (χ0v) is 13.6. The zero-order valence-electron chi connectivity index (χ0n) is 12.8. The summed E-state index contributed by atoms with van der Waals surface area (Å²) in [6.45, 7) is 3.61. The fourth-order valence-corrected chi connectivity index (χ4v) is 3.05. The van der Waals surface area contributed by atoms with E-state index in [9.17, 15) is 4.79 Å². The third-order valence-corrected chi connectivity index (χ3v) is 4.53. The molecule has 0 spiro atoms. The van der Waals surface area contributed by atoms with Crippen LogP contribution in [0.1, 0.15) is 12.0 Å². The average molecular weight is 321 g/mol. The Kier molecular flexibility index (Phi) is 4.81. The van der Waals surface area contributed by atoms with Gasteiger partial charge in [-0.15, -0.1) is 0 Å². The van der Waals surface area contributed by atoms with Crippen molar-refractivity contribution >= 4 is 23.1 Å². The normalized spacial score (nSPS) is 23.3. The first-order valence-electron chi connectivity index (χ1n) is 7.67. The van der Waals surface area contributed by atoms with E-state index in [1.54, 1.807) is 0 Å². The van der Waals surface area contributed by atoms with Crippen LogP contribution in [0.3, 0.4) is 0 Å². The van der Waals surface area contributed by atoms with Gasteiger partial charge in [0.05, 0.1) is 6.61 Å². The molecule has 4 nitrogen and oxygen atoms in total. The smallest absolute Gasteiger partial charge is 0.253 e. The van der Waals surface area contributed by atoms with Gasteiger partial charge in [-0.3, -0.25) is 4.79 Å². The minimum atomic E-state index is -0.316. The fourth-order valence-electron chi connectivity index (χ4n) is 2.93. The largest absolute Gasteiger partial charge is 0.366 e. The van der Waals surface area contributed by atoms with Crippen LogP contribution in [-0.4, -0.2) is 61.6 Å². The van der Waals surface area contributed by atoms with Gasteiger partial charge in [-0.05, 0) is 36.7 Å². The van der Waals surface area contributed by atoms with Crippen molar-refractivity contribution in [2.24, 2.45) is 0 Å². The molecule has 3 rings (SSSR count). The maximum atomic E-state index is 12.5. The number of halogens is 1. The van der Waals surface area contributed by atoms with Gasteiger partial charge in [0.2, 0.25) is 0 Å². The van der Waals surface area contributed by atoms with Gasteiger partial charge in [0.25, 0.3) is 5.91 Å². The molecule has 0 N–H and O–H groups in total. The van der Waals surface area contributed by atoms with E-state index >= 15 is 0 Å². The predicted molar refractivity (Wildman–Crippen MR) is 87.9 cm³/mol. The van der Waals surface area contributed by atoms with Crippen molar-refractivity contribution in [3.63, 3.8) is 0 Å². The molecule has 118 valence electrons. The third-order valence-electron chi connectivity index (χ3n) is 4.28. The molecular weight excluding hydrogens is 300 g/mol. The van der Waals surface area contributed by atoms with E-state index in [2.05, 4.69) is 11.0 Å². The molecule has 5 heteroatoms. The van der Waals surface area contributed by atoms with Crippen LogP contribution in [-0.2, 0) is 9.53 Å². The first-order valence-corrected chi connectivity index (χ1v) is 8.05. The quantitative estimate of drug-likeness (QED) is 0.838. The highest BCUT2D eigenvalue weighted by atomic mass is 35.5. The highest BCUT2D eigenvalue weighted by Crippen LogP contribution is 2.24. The Bertz CT molecular complexity index is 571. The summed E-state index contributed by atoms with van der Waals surface area (Å²) in [6.07, 6.45) is 2.69. The second-order valence-electron chi connectivity index (χ2n) is 5.89. The lowest BCUT2D eigenvalue weighted by Crippen LogP contribution is -2.50. The van der Waals surface area contributed by atoms with E-state index in [0.29, 0.717) is 19.7 Å². The summed E-state index contributed by atoms with van der Waals surface area (Å²) in [7, 11) is 2.03. The summed E-state index contributed by atoms with van der Waals surface area (Å²) >= 11 is 5.92. The van der Waals surface area contributed by atoms with Crippen LogP contribution in [0.25, 0.3) is 5.57 Å². The van der Waals surface area contributed by atoms with Crippen LogP contribution in [0.15, 0.2) is 30.3 Å². The summed E-state index contributed by atoms with van der Waals surface area (Å²) in [5, 5.41) is 0.746. The number of carbonyl (C=O) groups is 1. The molecule has 2 aliphatic heterocycles. The van der Waals surface area contributed by atoms with E-state index in [1.807, 2.05) is 36.2 Å². The summed E-state index contributed by atoms with van der Waals surface area (Å²) in [4.78, 5) is 16.6. The Morgan fingerprint density at radius 3 is 2.68 bits per heavy atom. The lowest BCUT2D eigenvalue weighted by molar-refractivity contribution is -0.148. The van der Waals surface area contributed by atoms with Crippen molar-refractivity contribution in [3.05, 3.63) is 40.9 Å². The number of benzene rings is 1. The van der Waals surface area contributed by atoms with Crippen molar-refractivity contribution in [2.45, 2.75) is 12.5 Å². The molecule has 0 aromatic heterocycles. The van der Waals surface area contributed by atoms with E-state index in [1.165, 1.54) is 11.1 Å². The number of amides is 1. The van der Waals surface area contributed by atoms with Crippen LogP contribution < -0.4 is 0 Å². The molecule has 2 heterocycles.